The van der Waals surface area contributed by atoms with E-state index < -0.39 is 29.6 Å². The number of ether oxygens (including phenoxy) is 2. The topological polar surface area (TPSA) is 90.7 Å². The number of methoxy groups -OCH3 is 1. The summed E-state index contributed by atoms with van der Waals surface area (Å²) in [6, 6.07) is -0.852. The van der Waals surface area contributed by atoms with E-state index in [-0.39, 0.29) is 6.54 Å². The maximum atomic E-state index is 11.5. The lowest BCUT2D eigenvalue weighted by molar-refractivity contribution is -0.153. The molecule has 0 aliphatic heterocycles. The first-order chi connectivity index (χ1) is 7.71. The normalized spacial score (nSPS) is 14.9. The molecule has 0 radical (unpaired) electrons. The zero-order chi connectivity index (χ0) is 13.6. The molecule has 0 aromatic rings. The van der Waals surface area contributed by atoms with Crippen molar-refractivity contribution >= 4 is 11.9 Å². The quantitative estimate of drug-likeness (QED) is 0.656. The highest BCUT2D eigenvalue weighted by molar-refractivity contribution is 5.85. The Labute approximate surface area is 102 Å². The molecule has 100 valence electrons. The van der Waals surface area contributed by atoms with Crippen LogP contribution in [0.3, 0.4) is 0 Å². The molecular weight excluding hydrogens is 224 g/mol. The smallest absolute Gasteiger partial charge is 0.331 e. The van der Waals surface area contributed by atoms with Crippen molar-refractivity contribution in [1.82, 2.24) is 5.32 Å². The van der Waals surface area contributed by atoms with Crippen LogP contribution in [0.4, 0.5) is 0 Å². The van der Waals surface area contributed by atoms with E-state index in [1.54, 1.807) is 6.92 Å². The molecule has 0 aliphatic carbocycles. The first-order valence-electron chi connectivity index (χ1n) is 5.46. The van der Waals surface area contributed by atoms with Crippen LogP contribution >= 0.6 is 0 Å². The van der Waals surface area contributed by atoms with Gasteiger partial charge in [0.25, 0.3) is 0 Å². The third kappa shape index (κ3) is 6.23. The van der Waals surface area contributed by atoms with Crippen molar-refractivity contribution in [3.8, 4) is 0 Å². The first kappa shape index (κ1) is 15.9. The summed E-state index contributed by atoms with van der Waals surface area (Å²) in [5.41, 5.74) is 4.77. The lowest BCUT2D eigenvalue weighted by Gasteiger charge is -2.29. The predicted molar refractivity (Wildman–Crippen MR) is 63.3 cm³/mol. The van der Waals surface area contributed by atoms with Crippen LogP contribution < -0.4 is 11.1 Å². The first-order valence-corrected chi connectivity index (χ1v) is 5.46. The SMILES string of the molecule is COC(=O)[C@@H](NC(=O)CN)[C@@H](C)OC(C)(C)C. The Hall–Kier alpha value is -1.14. The number of carbonyl (C=O) groups is 2. The Kier molecular flexibility index (Phi) is 6.12. The molecular formula is C11H22N2O4. The summed E-state index contributed by atoms with van der Waals surface area (Å²) in [4.78, 5) is 22.7. The number of hydrogen-bond acceptors (Lipinski definition) is 5. The number of hydrogen-bond donors (Lipinski definition) is 2. The molecule has 0 aromatic carbocycles. The predicted octanol–water partition coefficient (Wildman–Crippen LogP) is -0.193. The third-order valence-electron chi connectivity index (χ3n) is 1.97. The lowest BCUT2D eigenvalue weighted by atomic mass is 10.1. The molecule has 0 heterocycles. The maximum Gasteiger partial charge on any atom is 0.331 e. The van der Waals surface area contributed by atoms with Crippen molar-refractivity contribution in [2.45, 2.75) is 45.4 Å². The highest BCUT2D eigenvalue weighted by Gasteiger charge is 2.30. The van der Waals surface area contributed by atoms with Crippen LogP contribution in [0.15, 0.2) is 0 Å². The van der Waals surface area contributed by atoms with Crippen LogP contribution in [-0.2, 0) is 19.1 Å². The van der Waals surface area contributed by atoms with Crippen LogP contribution in [0.5, 0.6) is 0 Å². The summed E-state index contributed by atoms with van der Waals surface area (Å²) < 4.78 is 10.2. The number of carbonyl (C=O) groups excluding carboxylic acids is 2. The number of amides is 1. The Morgan fingerprint density at radius 3 is 2.24 bits per heavy atom. The number of nitrogens with two attached hydrogens (primary N) is 1. The van der Waals surface area contributed by atoms with Gasteiger partial charge in [0.2, 0.25) is 5.91 Å². The van der Waals surface area contributed by atoms with E-state index in [1.165, 1.54) is 7.11 Å². The van der Waals surface area contributed by atoms with Gasteiger partial charge in [-0.05, 0) is 27.7 Å². The standard InChI is InChI=1S/C11H22N2O4/c1-7(17-11(2,3)4)9(10(15)16-5)13-8(14)6-12/h7,9H,6,12H2,1-5H3,(H,13,14)/t7-,9+/m1/s1. The van der Waals surface area contributed by atoms with Crippen molar-refractivity contribution in [2.24, 2.45) is 5.73 Å². The molecule has 0 saturated heterocycles. The van der Waals surface area contributed by atoms with E-state index in [0.29, 0.717) is 0 Å². The van der Waals surface area contributed by atoms with Gasteiger partial charge in [-0.2, -0.15) is 0 Å². The second-order valence-corrected chi connectivity index (χ2v) is 4.71. The van der Waals surface area contributed by atoms with Crippen LogP contribution in [-0.4, -0.2) is 43.3 Å². The van der Waals surface area contributed by atoms with E-state index in [9.17, 15) is 9.59 Å². The van der Waals surface area contributed by atoms with Crippen molar-refractivity contribution in [3.05, 3.63) is 0 Å². The molecule has 0 aromatic heterocycles. The van der Waals surface area contributed by atoms with E-state index in [0.717, 1.165) is 0 Å². The van der Waals surface area contributed by atoms with E-state index >= 15 is 0 Å². The van der Waals surface area contributed by atoms with Crippen molar-refractivity contribution < 1.29 is 19.1 Å². The average molecular weight is 246 g/mol. The fraction of sp³-hybridized carbons (Fsp3) is 0.818. The number of rotatable bonds is 5. The molecule has 3 N–H and O–H groups in total. The Bertz CT molecular complexity index is 273. The zero-order valence-corrected chi connectivity index (χ0v) is 11.1. The molecule has 6 nitrogen and oxygen atoms in total. The molecule has 1 amide bonds. The van der Waals surface area contributed by atoms with Gasteiger partial charge in [-0.25, -0.2) is 4.79 Å². The third-order valence-corrected chi connectivity index (χ3v) is 1.97. The van der Waals surface area contributed by atoms with E-state index in [1.807, 2.05) is 20.8 Å². The van der Waals surface area contributed by atoms with Crippen LogP contribution in [0.25, 0.3) is 0 Å². The van der Waals surface area contributed by atoms with Gasteiger partial charge >= 0.3 is 5.97 Å². The summed E-state index contributed by atoms with van der Waals surface area (Å²) in [6.07, 6.45) is -0.502. The van der Waals surface area contributed by atoms with Gasteiger partial charge in [0, 0.05) is 0 Å². The van der Waals surface area contributed by atoms with E-state index in [2.05, 4.69) is 10.1 Å². The molecule has 0 rings (SSSR count). The largest absolute Gasteiger partial charge is 0.467 e. The molecule has 6 heteroatoms. The Morgan fingerprint density at radius 1 is 1.35 bits per heavy atom. The van der Waals surface area contributed by atoms with Gasteiger partial charge in [0.1, 0.15) is 0 Å². The summed E-state index contributed by atoms with van der Waals surface area (Å²) in [5.74, 6) is -0.978. The average Bonchev–Trinajstić information content (AvgIpc) is 2.21. The Morgan fingerprint density at radius 2 is 1.88 bits per heavy atom. The summed E-state index contributed by atoms with van der Waals surface area (Å²) >= 11 is 0. The van der Waals surface area contributed by atoms with Gasteiger partial charge in [-0.1, -0.05) is 0 Å². The molecule has 0 spiro atoms. The van der Waals surface area contributed by atoms with Crippen LogP contribution in [0.1, 0.15) is 27.7 Å². The molecule has 2 atom stereocenters. The van der Waals surface area contributed by atoms with Gasteiger partial charge < -0.3 is 20.5 Å². The van der Waals surface area contributed by atoms with Gasteiger partial charge in [-0.15, -0.1) is 0 Å². The molecule has 0 saturated carbocycles. The molecule has 0 aliphatic rings. The highest BCUT2D eigenvalue weighted by Crippen LogP contribution is 2.13. The monoisotopic (exact) mass is 246 g/mol. The van der Waals surface area contributed by atoms with Crippen molar-refractivity contribution in [1.29, 1.82) is 0 Å². The number of nitrogens with one attached hydrogen (secondary N) is 1. The van der Waals surface area contributed by atoms with Crippen molar-refractivity contribution in [3.63, 3.8) is 0 Å². The minimum Gasteiger partial charge on any atom is -0.467 e. The summed E-state index contributed by atoms with van der Waals surface area (Å²) in [5, 5.41) is 2.48. The second-order valence-electron chi connectivity index (χ2n) is 4.71. The molecule has 0 fully saturated rings. The summed E-state index contributed by atoms with van der Waals surface area (Å²) in [6.45, 7) is 7.10. The lowest BCUT2D eigenvalue weighted by Crippen LogP contribution is -2.52. The fourth-order valence-corrected chi connectivity index (χ4v) is 1.35. The fourth-order valence-electron chi connectivity index (χ4n) is 1.35. The van der Waals surface area contributed by atoms with Gasteiger partial charge in [0.15, 0.2) is 6.04 Å². The zero-order valence-electron chi connectivity index (χ0n) is 11.1. The number of esters is 1. The minimum absolute atomic E-state index is 0.185. The second kappa shape index (κ2) is 6.56. The van der Waals surface area contributed by atoms with Gasteiger partial charge in [0.05, 0.1) is 25.4 Å². The van der Waals surface area contributed by atoms with Crippen molar-refractivity contribution in [2.75, 3.05) is 13.7 Å². The maximum absolute atomic E-state index is 11.5. The van der Waals surface area contributed by atoms with Gasteiger partial charge in [-0.3, -0.25) is 4.79 Å². The molecule has 0 unspecified atom stereocenters. The van der Waals surface area contributed by atoms with Crippen LogP contribution in [0, 0.1) is 0 Å². The van der Waals surface area contributed by atoms with Crippen LogP contribution in [0.2, 0.25) is 0 Å². The minimum atomic E-state index is -0.852. The summed E-state index contributed by atoms with van der Waals surface area (Å²) in [7, 11) is 1.26. The molecule has 17 heavy (non-hydrogen) atoms. The Balaban J connectivity index is 4.68. The highest BCUT2D eigenvalue weighted by atomic mass is 16.5. The molecule has 0 bridgehead atoms. The van der Waals surface area contributed by atoms with E-state index in [4.69, 9.17) is 10.5 Å².